The Morgan fingerprint density at radius 2 is 1.67 bits per heavy atom. The van der Waals surface area contributed by atoms with Gasteiger partial charge in [0.25, 0.3) is 0 Å². The molecule has 0 heterocycles. The van der Waals surface area contributed by atoms with E-state index in [4.69, 9.17) is 4.74 Å². The molecule has 0 fully saturated rings. The molecule has 0 saturated carbocycles. The van der Waals surface area contributed by atoms with Crippen molar-refractivity contribution >= 4 is 12.4 Å². The number of hydrogen-bond donors (Lipinski definition) is 0. The fourth-order valence-electron chi connectivity index (χ4n) is 2.25. The number of ether oxygens (including phenoxy) is 1. The molecule has 0 N–H and O–H groups in total. The van der Waals surface area contributed by atoms with Gasteiger partial charge >= 0.3 is 6.18 Å². The van der Waals surface area contributed by atoms with Crippen LogP contribution in [0.15, 0.2) is 54.6 Å². The first kappa shape index (κ1) is 20.3. The molecule has 1 unspecified atom stereocenters. The number of hydrogen-bond acceptors (Lipinski definition) is 2. The van der Waals surface area contributed by atoms with Crippen molar-refractivity contribution in [3.05, 3.63) is 65.7 Å². The van der Waals surface area contributed by atoms with Crippen LogP contribution in [0.5, 0.6) is 5.75 Å². The molecular weight excluding hydrogens is 339 g/mol. The average Bonchev–Trinajstić information content (AvgIpc) is 2.51. The van der Waals surface area contributed by atoms with Crippen molar-refractivity contribution in [1.82, 2.24) is 4.90 Å². The number of halogens is 4. The number of nitrogens with zero attached hydrogens (tertiary/aromatic N) is 1. The minimum Gasteiger partial charge on any atom is -0.486 e. The summed E-state index contributed by atoms with van der Waals surface area (Å²) in [5, 5.41) is 0. The highest BCUT2D eigenvalue weighted by molar-refractivity contribution is 5.85. The molecule has 1 atom stereocenters. The molecule has 0 bridgehead atoms. The first-order chi connectivity index (χ1) is 10.9. The van der Waals surface area contributed by atoms with Crippen LogP contribution in [0, 0.1) is 0 Å². The summed E-state index contributed by atoms with van der Waals surface area (Å²) in [6.07, 6.45) is -3.97. The van der Waals surface area contributed by atoms with Crippen molar-refractivity contribution in [2.75, 3.05) is 20.6 Å². The Labute approximate surface area is 146 Å². The molecule has 2 nitrogen and oxygen atoms in total. The lowest BCUT2D eigenvalue weighted by molar-refractivity contribution is -0.137. The number of alkyl halides is 3. The summed E-state index contributed by atoms with van der Waals surface area (Å²) < 4.78 is 44.3. The normalized spacial score (nSPS) is 12.6. The summed E-state index contributed by atoms with van der Waals surface area (Å²) >= 11 is 0. The van der Waals surface area contributed by atoms with E-state index in [1.54, 1.807) is 6.07 Å². The molecular formula is C18H21ClF3NO. The van der Waals surface area contributed by atoms with Crippen LogP contribution in [-0.4, -0.2) is 25.5 Å². The van der Waals surface area contributed by atoms with Gasteiger partial charge in [0.15, 0.2) is 0 Å². The summed E-state index contributed by atoms with van der Waals surface area (Å²) in [5.41, 5.74) is 0.251. The quantitative estimate of drug-likeness (QED) is 0.703. The zero-order chi connectivity index (χ0) is 16.9. The summed E-state index contributed by atoms with van der Waals surface area (Å²) in [4.78, 5) is 2.02. The highest BCUT2D eigenvalue weighted by Gasteiger charge is 2.30. The highest BCUT2D eigenvalue weighted by Crippen LogP contribution is 2.33. The van der Waals surface area contributed by atoms with Crippen LogP contribution < -0.4 is 4.74 Å². The van der Waals surface area contributed by atoms with Crippen LogP contribution in [0.3, 0.4) is 0 Å². The zero-order valence-electron chi connectivity index (χ0n) is 13.6. The standard InChI is InChI=1S/C18H20F3NO.ClH/c1-22(2)12-11-17(14-7-4-3-5-8-14)23-16-10-6-9-15(13-16)18(19,20)21;/h3-10,13,17H,11-12H2,1-2H3;1H. The maximum Gasteiger partial charge on any atom is 0.416 e. The van der Waals surface area contributed by atoms with Crippen molar-refractivity contribution in [2.24, 2.45) is 0 Å². The smallest absolute Gasteiger partial charge is 0.416 e. The molecule has 2 aromatic rings. The van der Waals surface area contributed by atoms with Crippen molar-refractivity contribution in [2.45, 2.75) is 18.7 Å². The van der Waals surface area contributed by atoms with Crippen molar-refractivity contribution < 1.29 is 17.9 Å². The van der Waals surface area contributed by atoms with Gasteiger partial charge in [-0.1, -0.05) is 36.4 Å². The fourth-order valence-corrected chi connectivity index (χ4v) is 2.25. The van der Waals surface area contributed by atoms with Gasteiger partial charge in [-0.25, -0.2) is 0 Å². The van der Waals surface area contributed by atoms with Crippen LogP contribution >= 0.6 is 12.4 Å². The second-order valence-corrected chi connectivity index (χ2v) is 5.63. The molecule has 0 aliphatic carbocycles. The van der Waals surface area contributed by atoms with Gasteiger partial charge in [-0.2, -0.15) is 13.2 Å². The summed E-state index contributed by atoms with van der Waals surface area (Å²) in [6.45, 7) is 0.776. The van der Waals surface area contributed by atoms with E-state index < -0.39 is 11.7 Å². The Hall–Kier alpha value is -1.72. The van der Waals surface area contributed by atoms with E-state index in [1.807, 2.05) is 49.3 Å². The second-order valence-electron chi connectivity index (χ2n) is 5.63. The Kier molecular flexibility index (Phi) is 7.58. The van der Waals surface area contributed by atoms with Crippen LogP contribution in [-0.2, 0) is 6.18 Å². The Balaban J connectivity index is 0.00000288. The minimum absolute atomic E-state index is 0. The summed E-state index contributed by atoms with van der Waals surface area (Å²) in [5.74, 6) is 0.229. The lowest BCUT2D eigenvalue weighted by Gasteiger charge is -2.22. The third-order valence-electron chi connectivity index (χ3n) is 3.45. The van der Waals surface area contributed by atoms with Crippen molar-refractivity contribution in [3.63, 3.8) is 0 Å². The molecule has 6 heteroatoms. The van der Waals surface area contributed by atoms with Crippen LogP contribution in [0.25, 0.3) is 0 Å². The lowest BCUT2D eigenvalue weighted by Crippen LogP contribution is -2.19. The van der Waals surface area contributed by atoms with E-state index >= 15 is 0 Å². The van der Waals surface area contributed by atoms with Gasteiger partial charge in [0.2, 0.25) is 0 Å². The van der Waals surface area contributed by atoms with Crippen LogP contribution in [0.2, 0.25) is 0 Å². The van der Waals surface area contributed by atoms with E-state index in [0.717, 1.165) is 24.2 Å². The monoisotopic (exact) mass is 359 g/mol. The van der Waals surface area contributed by atoms with Gasteiger partial charge in [0.1, 0.15) is 11.9 Å². The molecule has 0 aliphatic heterocycles. The predicted molar refractivity (Wildman–Crippen MR) is 91.7 cm³/mol. The SMILES string of the molecule is CN(C)CCC(Oc1cccc(C(F)(F)F)c1)c1ccccc1.Cl. The van der Waals surface area contributed by atoms with Gasteiger partial charge in [0, 0.05) is 13.0 Å². The first-order valence-corrected chi connectivity index (χ1v) is 7.40. The first-order valence-electron chi connectivity index (χ1n) is 7.40. The van der Waals surface area contributed by atoms with Crippen LogP contribution in [0.4, 0.5) is 13.2 Å². The molecule has 2 rings (SSSR count). The topological polar surface area (TPSA) is 12.5 Å². The molecule has 0 saturated heterocycles. The maximum absolute atomic E-state index is 12.8. The van der Waals surface area contributed by atoms with Gasteiger partial charge in [0.05, 0.1) is 5.56 Å². The zero-order valence-corrected chi connectivity index (χ0v) is 14.4. The van der Waals surface area contributed by atoms with E-state index in [-0.39, 0.29) is 24.3 Å². The van der Waals surface area contributed by atoms with E-state index in [2.05, 4.69) is 0 Å². The number of benzene rings is 2. The van der Waals surface area contributed by atoms with E-state index in [0.29, 0.717) is 6.42 Å². The van der Waals surface area contributed by atoms with E-state index in [1.165, 1.54) is 6.07 Å². The second kappa shape index (κ2) is 8.94. The van der Waals surface area contributed by atoms with Crippen molar-refractivity contribution in [3.8, 4) is 5.75 Å². The molecule has 24 heavy (non-hydrogen) atoms. The summed E-state index contributed by atoms with van der Waals surface area (Å²) in [7, 11) is 3.90. The molecule has 132 valence electrons. The molecule has 2 aromatic carbocycles. The average molecular weight is 360 g/mol. The molecule has 0 radical (unpaired) electrons. The fraction of sp³-hybridized carbons (Fsp3) is 0.333. The van der Waals surface area contributed by atoms with Crippen LogP contribution in [0.1, 0.15) is 23.7 Å². The van der Waals surface area contributed by atoms with Gasteiger partial charge in [-0.05, 0) is 37.9 Å². The van der Waals surface area contributed by atoms with Gasteiger partial charge < -0.3 is 9.64 Å². The predicted octanol–water partition coefficient (Wildman–Crippen LogP) is 5.20. The molecule has 0 aromatic heterocycles. The molecule has 0 amide bonds. The Bertz CT molecular complexity index is 617. The Morgan fingerprint density at radius 1 is 1.00 bits per heavy atom. The molecule has 0 spiro atoms. The third kappa shape index (κ3) is 6.06. The van der Waals surface area contributed by atoms with Gasteiger partial charge in [-0.15, -0.1) is 12.4 Å². The largest absolute Gasteiger partial charge is 0.486 e. The minimum atomic E-state index is -4.37. The van der Waals surface area contributed by atoms with Crippen molar-refractivity contribution in [1.29, 1.82) is 0 Å². The molecule has 0 aliphatic rings. The maximum atomic E-state index is 12.8. The van der Waals surface area contributed by atoms with Gasteiger partial charge in [-0.3, -0.25) is 0 Å². The number of rotatable bonds is 6. The third-order valence-corrected chi connectivity index (χ3v) is 3.45. The highest BCUT2D eigenvalue weighted by atomic mass is 35.5. The summed E-state index contributed by atoms with van der Waals surface area (Å²) in [6, 6.07) is 14.6. The Morgan fingerprint density at radius 3 is 2.25 bits per heavy atom. The lowest BCUT2D eigenvalue weighted by atomic mass is 10.1. The van der Waals surface area contributed by atoms with E-state index in [9.17, 15) is 13.2 Å².